The minimum atomic E-state index is -0.168. The van der Waals surface area contributed by atoms with Gasteiger partial charge in [0.2, 0.25) is 0 Å². The van der Waals surface area contributed by atoms with Gasteiger partial charge in [-0.15, -0.1) is 5.73 Å². The summed E-state index contributed by atoms with van der Waals surface area (Å²) in [6, 6.07) is 0.219. The number of hydrogen-bond donors (Lipinski definition) is 3. The van der Waals surface area contributed by atoms with Gasteiger partial charge in [0.15, 0.2) is 0 Å². The molecule has 2 fully saturated rings. The van der Waals surface area contributed by atoms with Crippen molar-refractivity contribution in [2.24, 2.45) is 28.9 Å². The van der Waals surface area contributed by atoms with Crippen molar-refractivity contribution in [1.29, 1.82) is 5.41 Å². The fraction of sp³-hybridized carbons (Fsp3) is 0.724. The van der Waals surface area contributed by atoms with Crippen molar-refractivity contribution in [3.05, 3.63) is 40.9 Å². The summed E-state index contributed by atoms with van der Waals surface area (Å²) in [7, 11) is 0. The lowest BCUT2D eigenvalue weighted by molar-refractivity contribution is 0.0251. The Kier molecular flexibility index (Phi) is 10.1. The van der Waals surface area contributed by atoms with Crippen LogP contribution in [0, 0.1) is 28.6 Å². The summed E-state index contributed by atoms with van der Waals surface area (Å²) in [6.07, 6.45) is 16.7. The molecule has 0 aliphatic heterocycles. The average molecular weight is 582 g/mol. The summed E-state index contributed by atoms with van der Waals surface area (Å²) < 4.78 is 15.0. The molecule has 190 valence electrons. The van der Waals surface area contributed by atoms with Crippen molar-refractivity contribution >= 4 is 28.4 Å². The predicted molar refractivity (Wildman–Crippen MR) is 151 cm³/mol. The Hall–Kier alpha value is -0.910. The molecule has 5 heteroatoms. The molecule has 4 atom stereocenters. The van der Waals surface area contributed by atoms with Gasteiger partial charge in [-0.25, -0.2) is 4.39 Å². The third kappa shape index (κ3) is 6.85. The number of alkyl halides is 1. The van der Waals surface area contributed by atoms with E-state index >= 15 is 0 Å². The summed E-state index contributed by atoms with van der Waals surface area (Å²) in [5.41, 5.74) is 12.5. The van der Waals surface area contributed by atoms with Crippen molar-refractivity contribution in [3.8, 4) is 0 Å². The number of hydrogen-bond acceptors (Lipinski definition) is 2. The van der Waals surface area contributed by atoms with Gasteiger partial charge in [-0.05, 0) is 112 Å². The minimum Gasteiger partial charge on any atom is -0.371 e. The Labute approximate surface area is 220 Å². The monoisotopic (exact) mass is 581 g/mol. The first-order valence-corrected chi connectivity index (χ1v) is 14.7. The molecule has 0 heterocycles. The summed E-state index contributed by atoms with van der Waals surface area (Å²) in [5.74, 6) is 1.39. The van der Waals surface area contributed by atoms with Gasteiger partial charge in [-0.1, -0.05) is 43.4 Å². The second-order valence-corrected chi connectivity index (χ2v) is 12.9. The number of halogens is 2. The van der Waals surface area contributed by atoms with E-state index in [1.807, 2.05) is 6.92 Å². The van der Waals surface area contributed by atoms with Crippen LogP contribution >= 0.6 is 22.6 Å². The highest BCUT2D eigenvalue weighted by Gasteiger charge is 2.48. The molecule has 2 saturated carbocycles. The first-order chi connectivity index (χ1) is 16.2. The van der Waals surface area contributed by atoms with Crippen molar-refractivity contribution in [3.63, 3.8) is 0 Å². The molecule has 0 bridgehead atoms. The van der Waals surface area contributed by atoms with Crippen LogP contribution in [0.1, 0.15) is 91.9 Å². The Bertz CT molecular complexity index is 837. The third-order valence-corrected chi connectivity index (χ3v) is 9.90. The average Bonchev–Trinajstić information content (AvgIpc) is 2.79. The van der Waals surface area contributed by atoms with E-state index in [9.17, 15) is 4.39 Å². The quantitative estimate of drug-likeness (QED) is 0.0857. The van der Waals surface area contributed by atoms with Crippen molar-refractivity contribution in [1.82, 2.24) is 5.32 Å². The molecule has 0 saturated heterocycles. The zero-order valence-electron chi connectivity index (χ0n) is 21.6. The molecule has 0 aromatic heterocycles. The number of nitrogens with one attached hydrogen (secondary N) is 2. The summed E-state index contributed by atoms with van der Waals surface area (Å²) in [6.45, 7) is 8.57. The standard InChI is InChI=1S/C29H45FIN3/c1-5-7-8-25(26-16-23(30)15-19(3)27(26)32)22-17-29(18-22)13-11-21(12-14-29)28(33)34-20(4)9-10-24(31)6-2/h7,15-16,19-22,24,27H,5-6,9-14,17-18,32H2,1-4H3,(H2,33,34). The van der Waals surface area contributed by atoms with Gasteiger partial charge < -0.3 is 11.1 Å². The van der Waals surface area contributed by atoms with Gasteiger partial charge in [-0.2, -0.15) is 0 Å². The molecular formula is C29H45FIN3. The highest BCUT2D eigenvalue weighted by Crippen LogP contribution is 2.58. The van der Waals surface area contributed by atoms with Crippen LogP contribution in [0.2, 0.25) is 0 Å². The fourth-order valence-electron chi connectivity index (χ4n) is 6.04. The molecule has 3 nitrogen and oxygen atoms in total. The number of nitrogens with two attached hydrogens (primary N) is 1. The topological polar surface area (TPSA) is 61.9 Å². The Morgan fingerprint density at radius 1 is 1.29 bits per heavy atom. The molecule has 3 rings (SSSR count). The fourth-order valence-corrected chi connectivity index (χ4v) is 6.40. The maximum absolute atomic E-state index is 14.2. The molecule has 1 spiro atoms. The largest absolute Gasteiger partial charge is 0.371 e. The van der Waals surface area contributed by atoms with Gasteiger partial charge in [0, 0.05) is 27.5 Å². The normalized spacial score (nSPS) is 32.6. The van der Waals surface area contributed by atoms with Crippen LogP contribution in [0.25, 0.3) is 0 Å². The van der Waals surface area contributed by atoms with E-state index in [2.05, 4.69) is 60.5 Å². The summed E-state index contributed by atoms with van der Waals surface area (Å²) >= 11 is 2.54. The maximum Gasteiger partial charge on any atom is 0.119 e. The first-order valence-electron chi connectivity index (χ1n) is 13.5. The van der Waals surface area contributed by atoms with Gasteiger partial charge in [-0.3, -0.25) is 5.41 Å². The van der Waals surface area contributed by atoms with E-state index in [4.69, 9.17) is 11.1 Å². The van der Waals surface area contributed by atoms with Crippen LogP contribution in [0.4, 0.5) is 4.39 Å². The van der Waals surface area contributed by atoms with Crippen LogP contribution in [-0.4, -0.2) is 21.8 Å². The number of rotatable bonds is 9. The molecular weight excluding hydrogens is 536 g/mol. The van der Waals surface area contributed by atoms with E-state index in [-0.39, 0.29) is 17.8 Å². The van der Waals surface area contributed by atoms with Crippen molar-refractivity contribution in [2.75, 3.05) is 0 Å². The zero-order chi connectivity index (χ0) is 24.9. The SMILES string of the molecule is CCC=C=C(C1=CC(F)=CC(C)C1N)C1CC2(CCC(C(=N)NC(C)CCC(I)CC)CC2)C1. The van der Waals surface area contributed by atoms with Gasteiger partial charge in [0.05, 0.1) is 5.84 Å². The Balaban J connectivity index is 1.55. The number of allylic oxidation sites excluding steroid dienone is 2. The van der Waals surface area contributed by atoms with Crippen LogP contribution in [0.3, 0.4) is 0 Å². The summed E-state index contributed by atoms with van der Waals surface area (Å²) in [4.78, 5) is 0. The molecule has 4 N–H and O–H groups in total. The van der Waals surface area contributed by atoms with Crippen molar-refractivity contribution in [2.45, 2.75) is 108 Å². The van der Waals surface area contributed by atoms with Gasteiger partial charge >= 0.3 is 0 Å². The van der Waals surface area contributed by atoms with Gasteiger partial charge in [0.1, 0.15) is 5.83 Å². The molecule has 0 aromatic carbocycles. The van der Waals surface area contributed by atoms with E-state index in [1.54, 1.807) is 12.2 Å². The van der Waals surface area contributed by atoms with Crippen LogP contribution < -0.4 is 11.1 Å². The Morgan fingerprint density at radius 3 is 2.59 bits per heavy atom. The highest BCUT2D eigenvalue weighted by atomic mass is 127. The molecule has 34 heavy (non-hydrogen) atoms. The zero-order valence-corrected chi connectivity index (χ0v) is 23.8. The third-order valence-electron chi connectivity index (χ3n) is 8.39. The van der Waals surface area contributed by atoms with E-state index in [0.717, 1.165) is 59.4 Å². The summed E-state index contributed by atoms with van der Waals surface area (Å²) in [5, 5.41) is 12.1. The van der Waals surface area contributed by atoms with Crippen molar-refractivity contribution < 1.29 is 4.39 Å². The maximum atomic E-state index is 14.2. The molecule has 0 amide bonds. The van der Waals surface area contributed by atoms with Crippen LogP contribution in [0.15, 0.2) is 40.9 Å². The molecule has 0 radical (unpaired) electrons. The van der Waals surface area contributed by atoms with E-state index < -0.39 is 0 Å². The molecule has 3 aliphatic carbocycles. The van der Waals surface area contributed by atoms with E-state index in [0.29, 0.717) is 23.3 Å². The van der Waals surface area contributed by atoms with Gasteiger partial charge in [0.25, 0.3) is 0 Å². The lowest BCUT2D eigenvalue weighted by Crippen LogP contribution is -2.45. The smallest absolute Gasteiger partial charge is 0.119 e. The lowest BCUT2D eigenvalue weighted by Gasteiger charge is -2.53. The molecule has 3 aliphatic rings. The molecule has 0 aromatic rings. The van der Waals surface area contributed by atoms with Crippen LogP contribution in [0.5, 0.6) is 0 Å². The first kappa shape index (κ1) is 27.7. The lowest BCUT2D eigenvalue weighted by atomic mass is 9.52. The minimum absolute atomic E-state index is 0.00791. The highest BCUT2D eigenvalue weighted by molar-refractivity contribution is 14.1. The number of amidine groups is 1. The van der Waals surface area contributed by atoms with Crippen LogP contribution in [-0.2, 0) is 0 Å². The second kappa shape index (κ2) is 12.4. The second-order valence-electron chi connectivity index (χ2n) is 11.1. The predicted octanol–water partition coefficient (Wildman–Crippen LogP) is 7.77. The Morgan fingerprint density at radius 2 is 1.97 bits per heavy atom. The molecule has 4 unspecified atom stereocenters. The van der Waals surface area contributed by atoms with E-state index in [1.165, 1.54) is 25.7 Å².